The summed E-state index contributed by atoms with van der Waals surface area (Å²) in [6.07, 6.45) is 0.885. The van der Waals surface area contributed by atoms with Crippen LogP contribution >= 0.6 is 7.60 Å². The van der Waals surface area contributed by atoms with E-state index in [-0.39, 0.29) is 38.8 Å². The third-order valence-electron chi connectivity index (χ3n) is 4.89. The Bertz CT molecular complexity index is 955. The highest BCUT2D eigenvalue weighted by atomic mass is 31.2. The van der Waals surface area contributed by atoms with E-state index >= 15 is 0 Å². The molecule has 2 aromatic carbocycles. The number of ether oxygens (including phenoxy) is 2. The maximum atomic E-state index is 14.0. The molecule has 0 saturated carbocycles. The molecule has 0 heterocycles. The van der Waals surface area contributed by atoms with E-state index in [4.69, 9.17) is 18.5 Å². The van der Waals surface area contributed by atoms with E-state index in [1.807, 2.05) is 26.0 Å². The molecule has 1 unspecified atom stereocenters. The third-order valence-corrected chi connectivity index (χ3v) is 7.08. The summed E-state index contributed by atoms with van der Waals surface area (Å²) in [6.45, 7) is 10.5. The van der Waals surface area contributed by atoms with Crippen molar-refractivity contribution < 1.29 is 32.7 Å². The summed E-state index contributed by atoms with van der Waals surface area (Å²) in [5, 5.41) is 0. The van der Waals surface area contributed by atoms with Crippen LogP contribution in [0.25, 0.3) is 0 Å². The zero-order chi connectivity index (χ0) is 26.4. The summed E-state index contributed by atoms with van der Waals surface area (Å²) in [4.78, 5) is 27.3. The zero-order valence-electron chi connectivity index (χ0n) is 20.8. The summed E-state index contributed by atoms with van der Waals surface area (Å²) < 4.78 is 36.0. The highest BCUT2D eigenvalue weighted by Gasteiger charge is 2.47. The van der Waals surface area contributed by atoms with Crippen molar-refractivity contribution in [2.45, 2.75) is 39.3 Å². The molecule has 0 aliphatic carbocycles. The van der Waals surface area contributed by atoms with Crippen LogP contribution in [0.3, 0.4) is 0 Å². The Morgan fingerprint density at radius 1 is 0.833 bits per heavy atom. The SMILES string of the molecule is C=CCOP(=O)(OCC=C)C(CC(C)C)N(C(=O)OCc1ccccc1)C(=O)OCc1ccccc1. The van der Waals surface area contributed by atoms with Gasteiger partial charge in [0.15, 0.2) is 0 Å². The number of nitrogens with zero attached hydrogens (tertiary/aromatic N) is 1. The van der Waals surface area contributed by atoms with Crippen molar-refractivity contribution in [3.63, 3.8) is 0 Å². The molecular weight excluding hydrogens is 481 g/mol. The predicted molar refractivity (Wildman–Crippen MR) is 138 cm³/mol. The second-order valence-electron chi connectivity index (χ2n) is 8.27. The topological polar surface area (TPSA) is 91.4 Å². The monoisotopic (exact) mass is 515 g/mol. The predicted octanol–water partition coefficient (Wildman–Crippen LogP) is 6.93. The standard InChI is InChI=1S/C27H34NO7P/c1-5-17-34-36(31,35-18-6-2)25(19-22(3)4)28(26(29)32-20-23-13-9-7-10-14-23)27(30)33-21-24-15-11-8-12-16-24/h5-16,22,25H,1-2,17-21H2,3-4H3. The molecule has 36 heavy (non-hydrogen) atoms. The summed E-state index contributed by atoms with van der Waals surface area (Å²) in [5.74, 6) is -1.39. The minimum Gasteiger partial charge on any atom is -0.444 e. The molecule has 0 aliphatic heterocycles. The number of rotatable bonds is 14. The number of amides is 2. The Hall–Kier alpha value is -3.19. The van der Waals surface area contributed by atoms with Gasteiger partial charge in [0.1, 0.15) is 19.0 Å². The molecule has 0 fully saturated rings. The van der Waals surface area contributed by atoms with Crippen molar-refractivity contribution in [3.8, 4) is 0 Å². The molecule has 9 heteroatoms. The first-order chi connectivity index (χ1) is 17.3. The number of hydrogen-bond donors (Lipinski definition) is 0. The minimum atomic E-state index is -4.09. The summed E-state index contributed by atoms with van der Waals surface area (Å²) in [7, 11) is -4.09. The lowest BCUT2D eigenvalue weighted by Gasteiger charge is -2.34. The van der Waals surface area contributed by atoms with Crippen LogP contribution in [0.5, 0.6) is 0 Å². The molecule has 1 atom stereocenters. The second kappa shape index (κ2) is 15.0. The molecule has 0 saturated heterocycles. The highest BCUT2D eigenvalue weighted by Crippen LogP contribution is 2.56. The van der Waals surface area contributed by atoms with Crippen LogP contribution in [0.1, 0.15) is 31.4 Å². The quantitative estimate of drug-likeness (QED) is 0.199. The molecule has 194 valence electrons. The van der Waals surface area contributed by atoms with Crippen LogP contribution in [-0.4, -0.2) is 36.1 Å². The molecule has 0 aromatic heterocycles. The van der Waals surface area contributed by atoms with Crippen molar-refractivity contribution in [2.24, 2.45) is 5.92 Å². The molecular formula is C27H34NO7P. The fourth-order valence-electron chi connectivity index (χ4n) is 3.22. The van der Waals surface area contributed by atoms with Crippen LogP contribution < -0.4 is 0 Å². The largest absolute Gasteiger partial charge is 0.444 e. The fraction of sp³-hybridized carbons (Fsp3) is 0.333. The summed E-state index contributed by atoms with van der Waals surface area (Å²) in [5.41, 5.74) is 1.44. The zero-order valence-corrected chi connectivity index (χ0v) is 21.7. The first-order valence-corrected chi connectivity index (χ1v) is 13.2. The molecule has 2 amide bonds. The maximum absolute atomic E-state index is 14.0. The highest BCUT2D eigenvalue weighted by molar-refractivity contribution is 7.54. The van der Waals surface area contributed by atoms with Gasteiger partial charge < -0.3 is 18.5 Å². The van der Waals surface area contributed by atoms with Gasteiger partial charge in [-0.15, -0.1) is 13.2 Å². The summed E-state index contributed by atoms with van der Waals surface area (Å²) >= 11 is 0. The van der Waals surface area contributed by atoms with Crippen molar-refractivity contribution >= 4 is 19.8 Å². The van der Waals surface area contributed by atoms with Gasteiger partial charge in [0, 0.05) is 0 Å². The Kier molecular flexibility index (Phi) is 12.1. The molecule has 0 aliphatic rings. The minimum absolute atomic E-state index is 0.0886. The number of carbonyl (C=O) groups excluding carboxylic acids is 2. The maximum Gasteiger partial charge on any atom is 0.420 e. The average Bonchev–Trinajstić information content (AvgIpc) is 2.89. The van der Waals surface area contributed by atoms with Crippen molar-refractivity contribution in [1.82, 2.24) is 4.90 Å². The Morgan fingerprint density at radius 2 is 1.25 bits per heavy atom. The Morgan fingerprint density at radius 3 is 1.61 bits per heavy atom. The molecule has 0 bridgehead atoms. The van der Waals surface area contributed by atoms with Crippen molar-refractivity contribution in [3.05, 3.63) is 97.1 Å². The third kappa shape index (κ3) is 9.11. The van der Waals surface area contributed by atoms with Gasteiger partial charge in [0.05, 0.1) is 13.2 Å². The van der Waals surface area contributed by atoms with Gasteiger partial charge in [-0.3, -0.25) is 4.57 Å². The van der Waals surface area contributed by atoms with Gasteiger partial charge >= 0.3 is 19.8 Å². The number of benzene rings is 2. The van der Waals surface area contributed by atoms with Crippen LogP contribution in [-0.2, 0) is 36.3 Å². The van der Waals surface area contributed by atoms with Crippen LogP contribution in [0.2, 0.25) is 0 Å². The smallest absolute Gasteiger partial charge is 0.420 e. The average molecular weight is 516 g/mol. The van der Waals surface area contributed by atoms with E-state index in [1.165, 1.54) is 12.2 Å². The molecule has 0 radical (unpaired) electrons. The molecule has 2 aromatic rings. The molecule has 0 N–H and O–H groups in total. The van der Waals surface area contributed by atoms with Gasteiger partial charge in [-0.25, -0.2) is 9.59 Å². The Balaban J connectivity index is 2.40. The van der Waals surface area contributed by atoms with Crippen LogP contribution in [0.4, 0.5) is 9.59 Å². The normalized spacial score (nSPS) is 12.0. The second-order valence-corrected chi connectivity index (χ2v) is 10.5. The lowest BCUT2D eigenvalue weighted by Crippen LogP contribution is -2.46. The van der Waals surface area contributed by atoms with E-state index in [9.17, 15) is 14.2 Å². The Labute approximate surface area is 213 Å². The van der Waals surface area contributed by atoms with E-state index in [2.05, 4.69) is 13.2 Å². The van der Waals surface area contributed by atoms with Crippen LogP contribution in [0, 0.1) is 5.92 Å². The van der Waals surface area contributed by atoms with E-state index < -0.39 is 25.6 Å². The molecule has 2 rings (SSSR count). The van der Waals surface area contributed by atoms with Gasteiger partial charge in [-0.05, 0) is 23.5 Å². The first kappa shape index (κ1) is 29.0. The number of imide groups is 1. The van der Waals surface area contributed by atoms with Gasteiger partial charge in [-0.1, -0.05) is 86.7 Å². The van der Waals surface area contributed by atoms with Gasteiger partial charge in [-0.2, -0.15) is 4.90 Å². The van der Waals surface area contributed by atoms with Gasteiger partial charge in [0.25, 0.3) is 0 Å². The van der Waals surface area contributed by atoms with Gasteiger partial charge in [0.2, 0.25) is 0 Å². The lowest BCUT2D eigenvalue weighted by atomic mass is 10.1. The van der Waals surface area contributed by atoms with Crippen LogP contribution in [0.15, 0.2) is 86.0 Å². The van der Waals surface area contributed by atoms with E-state index in [0.29, 0.717) is 4.90 Å². The number of carbonyl (C=O) groups is 2. The van der Waals surface area contributed by atoms with Crippen molar-refractivity contribution in [2.75, 3.05) is 13.2 Å². The van der Waals surface area contributed by atoms with Crippen molar-refractivity contribution in [1.29, 1.82) is 0 Å². The van der Waals surface area contributed by atoms with E-state index in [1.54, 1.807) is 48.5 Å². The summed E-state index contributed by atoms with van der Waals surface area (Å²) in [6, 6.07) is 18.0. The fourth-order valence-corrected chi connectivity index (χ4v) is 5.41. The van der Waals surface area contributed by atoms with E-state index in [0.717, 1.165) is 11.1 Å². The lowest BCUT2D eigenvalue weighted by molar-refractivity contribution is 0.0572. The first-order valence-electron chi connectivity index (χ1n) is 11.6. The molecule has 0 spiro atoms. The number of hydrogen-bond acceptors (Lipinski definition) is 7. The molecule has 8 nitrogen and oxygen atoms in total.